The van der Waals surface area contributed by atoms with Gasteiger partial charge in [-0.15, -0.1) is 0 Å². The van der Waals surface area contributed by atoms with Crippen LogP contribution in [0, 0.1) is 13.8 Å². The molecule has 0 aliphatic carbocycles. The molecule has 1 aromatic heterocycles. The minimum atomic E-state index is 0.400. The lowest BCUT2D eigenvalue weighted by Crippen LogP contribution is -2.44. The van der Waals surface area contributed by atoms with Gasteiger partial charge in [0.05, 0.1) is 12.2 Å². The third-order valence-electron chi connectivity index (χ3n) is 4.69. The van der Waals surface area contributed by atoms with Crippen LogP contribution in [0.3, 0.4) is 0 Å². The number of aliphatic imine (C=N–C) groups is 1. The molecule has 1 saturated heterocycles. The van der Waals surface area contributed by atoms with E-state index in [-0.39, 0.29) is 0 Å². The third-order valence-corrected chi connectivity index (χ3v) is 4.69. The SMILES string of the molecule is CN=C(NCc1ncccc1C)NC1CCN(c2ccc(C)cc2)C1. The molecule has 132 valence electrons. The summed E-state index contributed by atoms with van der Waals surface area (Å²) in [6, 6.07) is 13.2. The number of rotatable bonds is 4. The molecule has 1 aliphatic rings. The number of hydrogen-bond donors (Lipinski definition) is 2. The van der Waals surface area contributed by atoms with Crippen molar-refractivity contribution in [3.05, 3.63) is 59.4 Å². The van der Waals surface area contributed by atoms with Crippen molar-refractivity contribution in [2.75, 3.05) is 25.0 Å². The molecule has 25 heavy (non-hydrogen) atoms. The molecule has 1 atom stereocenters. The molecule has 3 rings (SSSR count). The van der Waals surface area contributed by atoms with E-state index >= 15 is 0 Å². The summed E-state index contributed by atoms with van der Waals surface area (Å²) < 4.78 is 0. The lowest BCUT2D eigenvalue weighted by atomic mass is 10.2. The fourth-order valence-corrected chi connectivity index (χ4v) is 3.13. The van der Waals surface area contributed by atoms with Crippen LogP contribution in [0.5, 0.6) is 0 Å². The van der Waals surface area contributed by atoms with Gasteiger partial charge in [-0.25, -0.2) is 0 Å². The summed E-state index contributed by atoms with van der Waals surface area (Å²) in [5.41, 5.74) is 4.84. The fourth-order valence-electron chi connectivity index (χ4n) is 3.13. The molecular formula is C20H27N5. The van der Waals surface area contributed by atoms with Crippen LogP contribution in [0.1, 0.15) is 23.2 Å². The number of aromatic nitrogens is 1. The molecule has 1 aromatic carbocycles. The molecule has 2 aromatic rings. The van der Waals surface area contributed by atoms with Crippen molar-refractivity contribution in [3.8, 4) is 0 Å². The lowest BCUT2D eigenvalue weighted by Gasteiger charge is -2.20. The van der Waals surface area contributed by atoms with Gasteiger partial charge in [0, 0.05) is 38.1 Å². The standard InChI is InChI=1S/C20H27N5/c1-15-6-8-18(9-7-15)25-12-10-17(14-25)24-20(21-3)23-13-19-16(2)5-4-11-22-19/h4-9,11,17H,10,12-14H2,1-3H3,(H2,21,23,24). The van der Waals surface area contributed by atoms with E-state index in [9.17, 15) is 0 Å². The second-order valence-corrected chi connectivity index (χ2v) is 6.60. The molecule has 0 radical (unpaired) electrons. The normalized spacial score (nSPS) is 17.6. The van der Waals surface area contributed by atoms with Gasteiger partial charge in [-0.2, -0.15) is 0 Å². The van der Waals surface area contributed by atoms with Crippen LogP contribution in [-0.2, 0) is 6.54 Å². The van der Waals surface area contributed by atoms with E-state index in [4.69, 9.17) is 0 Å². The summed E-state index contributed by atoms with van der Waals surface area (Å²) in [7, 11) is 1.81. The Labute approximate surface area is 150 Å². The highest BCUT2D eigenvalue weighted by Gasteiger charge is 2.23. The van der Waals surface area contributed by atoms with Gasteiger partial charge in [0.25, 0.3) is 0 Å². The largest absolute Gasteiger partial charge is 0.369 e. The highest BCUT2D eigenvalue weighted by molar-refractivity contribution is 5.80. The molecule has 0 spiro atoms. The van der Waals surface area contributed by atoms with Crippen molar-refractivity contribution in [1.82, 2.24) is 15.6 Å². The molecule has 5 nitrogen and oxygen atoms in total. The van der Waals surface area contributed by atoms with Crippen LogP contribution in [0.15, 0.2) is 47.6 Å². The monoisotopic (exact) mass is 337 g/mol. The van der Waals surface area contributed by atoms with Gasteiger partial charge >= 0.3 is 0 Å². The molecule has 1 unspecified atom stereocenters. The zero-order chi connectivity index (χ0) is 17.6. The summed E-state index contributed by atoms with van der Waals surface area (Å²) >= 11 is 0. The molecule has 0 saturated carbocycles. The van der Waals surface area contributed by atoms with Crippen molar-refractivity contribution in [2.45, 2.75) is 32.9 Å². The molecule has 2 N–H and O–H groups in total. The summed E-state index contributed by atoms with van der Waals surface area (Å²) in [5, 5.41) is 6.91. The molecule has 0 amide bonds. The summed E-state index contributed by atoms with van der Waals surface area (Å²) in [6.07, 6.45) is 2.94. The smallest absolute Gasteiger partial charge is 0.191 e. The van der Waals surface area contributed by atoms with Crippen LogP contribution in [0.25, 0.3) is 0 Å². The molecule has 1 fully saturated rings. The average molecular weight is 337 g/mol. The maximum absolute atomic E-state index is 4.42. The van der Waals surface area contributed by atoms with Gasteiger partial charge in [-0.1, -0.05) is 23.8 Å². The number of benzene rings is 1. The Morgan fingerprint density at radius 1 is 1.24 bits per heavy atom. The Kier molecular flexibility index (Phi) is 5.53. The van der Waals surface area contributed by atoms with E-state index in [2.05, 4.69) is 69.7 Å². The van der Waals surface area contributed by atoms with Crippen LogP contribution in [0.2, 0.25) is 0 Å². The Morgan fingerprint density at radius 2 is 2.04 bits per heavy atom. The highest BCUT2D eigenvalue weighted by Crippen LogP contribution is 2.20. The summed E-state index contributed by atoms with van der Waals surface area (Å²) in [5.74, 6) is 0.834. The van der Waals surface area contributed by atoms with E-state index in [0.717, 1.165) is 31.2 Å². The minimum absolute atomic E-state index is 0.400. The van der Waals surface area contributed by atoms with Crippen molar-refractivity contribution in [1.29, 1.82) is 0 Å². The third kappa shape index (κ3) is 4.50. The predicted octanol–water partition coefficient (Wildman–Crippen LogP) is 2.64. The van der Waals surface area contributed by atoms with Crippen molar-refractivity contribution >= 4 is 11.6 Å². The molecular weight excluding hydrogens is 310 g/mol. The Bertz CT molecular complexity index is 723. The lowest BCUT2D eigenvalue weighted by molar-refractivity contribution is 0.647. The van der Waals surface area contributed by atoms with Gasteiger partial charge < -0.3 is 15.5 Å². The van der Waals surface area contributed by atoms with E-state index in [1.54, 1.807) is 0 Å². The van der Waals surface area contributed by atoms with Gasteiger partial charge in [-0.3, -0.25) is 9.98 Å². The molecule has 2 heterocycles. The topological polar surface area (TPSA) is 52.6 Å². The first-order chi connectivity index (χ1) is 12.2. The maximum atomic E-state index is 4.42. The predicted molar refractivity (Wildman–Crippen MR) is 104 cm³/mol. The number of guanidine groups is 1. The highest BCUT2D eigenvalue weighted by atomic mass is 15.2. The quantitative estimate of drug-likeness (QED) is 0.665. The van der Waals surface area contributed by atoms with Gasteiger partial charge in [0.1, 0.15) is 0 Å². The number of nitrogens with zero attached hydrogens (tertiary/aromatic N) is 3. The number of aryl methyl sites for hydroxylation is 2. The van der Waals surface area contributed by atoms with Crippen molar-refractivity contribution < 1.29 is 0 Å². The summed E-state index contributed by atoms with van der Waals surface area (Å²) in [6.45, 7) is 6.94. The maximum Gasteiger partial charge on any atom is 0.191 e. The average Bonchev–Trinajstić information content (AvgIpc) is 3.09. The molecule has 5 heteroatoms. The van der Waals surface area contributed by atoms with Crippen LogP contribution in [-0.4, -0.2) is 37.1 Å². The fraction of sp³-hybridized carbons (Fsp3) is 0.400. The van der Waals surface area contributed by atoms with Crippen molar-refractivity contribution in [3.63, 3.8) is 0 Å². The Hall–Kier alpha value is -2.56. The van der Waals surface area contributed by atoms with E-state index < -0.39 is 0 Å². The first-order valence-electron chi connectivity index (χ1n) is 8.85. The first kappa shape index (κ1) is 17.3. The zero-order valence-electron chi connectivity index (χ0n) is 15.3. The van der Waals surface area contributed by atoms with Gasteiger partial charge in [0.2, 0.25) is 0 Å². The number of hydrogen-bond acceptors (Lipinski definition) is 3. The van der Waals surface area contributed by atoms with E-state index in [0.29, 0.717) is 12.6 Å². The first-order valence-corrected chi connectivity index (χ1v) is 8.85. The molecule has 0 bridgehead atoms. The van der Waals surface area contributed by atoms with E-state index in [1.807, 2.05) is 19.3 Å². The second kappa shape index (κ2) is 8.01. The van der Waals surface area contributed by atoms with Crippen molar-refractivity contribution in [2.24, 2.45) is 4.99 Å². The number of anilines is 1. The Balaban J connectivity index is 1.53. The van der Waals surface area contributed by atoms with Gasteiger partial charge in [-0.05, 0) is 44.0 Å². The minimum Gasteiger partial charge on any atom is -0.369 e. The number of nitrogens with one attached hydrogen (secondary N) is 2. The summed E-state index contributed by atoms with van der Waals surface area (Å²) in [4.78, 5) is 11.2. The van der Waals surface area contributed by atoms with E-state index in [1.165, 1.54) is 16.8 Å². The zero-order valence-corrected chi connectivity index (χ0v) is 15.3. The van der Waals surface area contributed by atoms with Crippen LogP contribution >= 0.6 is 0 Å². The Morgan fingerprint density at radius 3 is 2.76 bits per heavy atom. The second-order valence-electron chi connectivity index (χ2n) is 6.60. The van der Waals surface area contributed by atoms with Gasteiger partial charge in [0.15, 0.2) is 5.96 Å². The van der Waals surface area contributed by atoms with Crippen LogP contribution in [0.4, 0.5) is 5.69 Å². The number of pyridine rings is 1. The van der Waals surface area contributed by atoms with Crippen LogP contribution < -0.4 is 15.5 Å². The molecule has 1 aliphatic heterocycles.